The minimum absolute atomic E-state index is 0.621. The van der Waals surface area contributed by atoms with Crippen LogP contribution in [0.1, 0.15) is 27.2 Å². The molecule has 18 heavy (non-hydrogen) atoms. The Balaban J connectivity index is 2.41. The maximum Gasteiger partial charge on any atom is 0.208 e. The van der Waals surface area contributed by atoms with Crippen LogP contribution in [0, 0.1) is 0 Å². The van der Waals surface area contributed by atoms with Gasteiger partial charge in [-0.05, 0) is 13.3 Å². The lowest BCUT2D eigenvalue weighted by Gasteiger charge is -2.36. The number of guanidine groups is 1. The third-order valence-corrected chi connectivity index (χ3v) is 3.99. The summed E-state index contributed by atoms with van der Waals surface area (Å²) in [6, 6.07) is 0. The minimum atomic E-state index is 0.621. The number of ether oxygens (including phenoxy) is 1. The monoisotopic (exact) mass is 274 g/mol. The van der Waals surface area contributed by atoms with Gasteiger partial charge in [0.05, 0.1) is 0 Å². The molecule has 0 aromatic rings. The molecule has 0 aromatic heterocycles. The molecule has 0 aliphatic carbocycles. The van der Waals surface area contributed by atoms with E-state index in [1.165, 1.54) is 0 Å². The maximum absolute atomic E-state index is 5.57. The van der Waals surface area contributed by atoms with E-state index in [0.29, 0.717) is 10.5 Å². The van der Waals surface area contributed by atoms with Crippen LogP contribution in [-0.2, 0) is 4.74 Å². The maximum atomic E-state index is 5.57. The van der Waals surface area contributed by atoms with E-state index in [2.05, 4.69) is 29.2 Å². The van der Waals surface area contributed by atoms with Crippen molar-refractivity contribution in [2.24, 2.45) is 10.8 Å². The molecule has 1 aliphatic rings. The molecule has 2 atom stereocenters. The Hall–Kier alpha value is -0.460. The summed E-state index contributed by atoms with van der Waals surface area (Å²) < 4.78 is 5.29. The molecule has 1 rings (SSSR count). The quantitative estimate of drug-likeness (QED) is 0.258. The molecule has 0 radical (unpaired) electrons. The fraction of sp³-hybridized carbons (Fsp3) is 0.917. The normalized spacial score (nSPS) is 25.3. The predicted molar refractivity (Wildman–Crippen MR) is 78.8 cm³/mol. The van der Waals surface area contributed by atoms with Gasteiger partial charge in [-0.15, -0.1) is 0 Å². The molecule has 6 heteroatoms. The van der Waals surface area contributed by atoms with Crippen LogP contribution in [0.4, 0.5) is 0 Å². The van der Waals surface area contributed by atoms with Crippen LogP contribution in [0.25, 0.3) is 0 Å². The van der Waals surface area contributed by atoms with Crippen LogP contribution in [0.15, 0.2) is 4.99 Å². The molecular weight excluding hydrogens is 248 g/mol. The molecule has 0 spiro atoms. The number of aliphatic imine (C=N–C) groups is 1. The Bertz CT molecular complexity index is 252. The number of hydrazine groups is 1. The zero-order chi connectivity index (χ0) is 13.4. The molecule has 1 aliphatic heterocycles. The summed E-state index contributed by atoms with van der Waals surface area (Å²) >= 11 is 2.02. The van der Waals surface area contributed by atoms with E-state index in [-0.39, 0.29) is 0 Å². The van der Waals surface area contributed by atoms with Crippen molar-refractivity contribution in [2.75, 3.05) is 32.8 Å². The molecule has 1 fully saturated rings. The third kappa shape index (κ3) is 5.46. The van der Waals surface area contributed by atoms with Gasteiger partial charge in [0.15, 0.2) is 0 Å². The molecule has 0 bridgehead atoms. The highest BCUT2D eigenvalue weighted by molar-refractivity contribution is 8.00. The summed E-state index contributed by atoms with van der Waals surface area (Å²) in [6.45, 7) is 10.8. The van der Waals surface area contributed by atoms with Crippen LogP contribution in [0.3, 0.4) is 0 Å². The van der Waals surface area contributed by atoms with Crippen LogP contribution in [-0.4, -0.2) is 54.2 Å². The van der Waals surface area contributed by atoms with Crippen molar-refractivity contribution in [3.8, 4) is 0 Å². The van der Waals surface area contributed by atoms with Crippen molar-refractivity contribution in [1.29, 1.82) is 0 Å². The van der Waals surface area contributed by atoms with Crippen molar-refractivity contribution in [2.45, 2.75) is 37.7 Å². The van der Waals surface area contributed by atoms with Crippen molar-refractivity contribution in [3.05, 3.63) is 0 Å². The molecule has 1 saturated heterocycles. The molecule has 2 unspecified atom stereocenters. The third-order valence-electron chi connectivity index (χ3n) is 2.76. The number of rotatable bonds is 5. The van der Waals surface area contributed by atoms with E-state index in [1.807, 2.05) is 18.7 Å². The highest BCUT2D eigenvalue weighted by atomic mass is 32.2. The van der Waals surface area contributed by atoms with Gasteiger partial charge in [0.2, 0.25) is 5.96 Å². The first-order chi connectivity index (χ1) is 8.67. The first-order valence-corrected chi connectivity index (χ1v) is 7.60. The lowest BCUT2D eigenvalue weighted by atomic mass is 10.3. The second kappa shape index (κ2) is 8.61. The molecule has 0 amide bonds. The van der Waals surface area contributed by atoms with E-state index in [1.54, 1.807) is 0 Å². The van der Waals surface area contributed by atoms with E-state index < -0.39 is 0 Å². The van der Waals surface area contributed by atoms with Gasteiger partial charge in [-0.2, -0.15) is 11.8 Å². The SMILES string of the molecule is CCOCCCN=C(NN)N1CC(C)SC(C)C1. The van der Waals surface area contributed by atoms with Crippen molar-refractivity contribution < 1.29 is 4.74 Å². The number of nitrogens with two attached hydrogens (primary N) is 1. The highest BCUT2D eigenvalue weighted by Crippen LogP contribution is 2.24. The van der Waals surface area contributed by atoms with E-state index in [0.717, 1.165) is 45.2 Å². The second-order valence-electron chi connectivity index (χ2n) is 4.56. The summed E-state index contributed by atoms with van der Waals surface area (Å²) in [5.74, 6) is 6.39. The average Bonchev–Trinajstić information content (AvgIpc) is 2.32. The number of thioether (sulfide) groups is 1. The van der Waals surface area contributed by atoms with Crippen molar-refractivity contribution in [1.82, 2.24) is 10.3 Å². The Morgan fingerprint density at radius 2 is 2.11 bits per heavy atom. The summed E-state index contributed by atoms with van der Waals surface area (Å²) in [5, 5.41) is 1.24. The largest absolute Gasteiger partial charge is 0.382 e. The van der Waals surface area contributed by atoms with Crippen LogP contribution >= 0.6 is 11.8 Å². The van der Waals surface area contributed by atoms with Gasteiger partial charge < -0.3 is 9.64 Å². The van der Waals surface area contributed by atoms with E-state index in [9.17, 15) is 0 Å². The number of hydrogen-bond acceptors (Lipinski definition) is 4. The van der Waals surface area contributed by atoms with E-state index in [4.69, 9.17) is 10.6 Å². The summed E-state index contributed by atoms with van der Waals surface area (Å²) in [5.41, 5.74) is 2.73. The van der Waals surface area contributed by atoms with Crippen LogP contribution in [0.2, 0.25) is 0 Å². The average molecular weight is 274 g/mol. The molecular formula is C12H26N4OS. The molecule has 1 heterocycles. The Morgan fingerprint density at radius 1 is 1.44 bits per heavy atom. The van der Waals surface area contributed by atoms with Gasteiger partial charge in [-0.1, -0.05) is 13.8 Å². The van der Waals surface area contributed by atoms with E-state index >= 15 is 0 Å². The lowest BCUT2D eigenvalue weighted by Crippen LogP contribution is -2.51. The molecule has 0 aromatic carbocycles. The first kappa shape index (κ1) is 15.6. The zero-order valence-corrected chi connectivity index (χ0v) is 12.5. The van der Waals surface area contributed by atoms with Gasteiger partial charge in [-0.3, -0.25) is 10.4 Å². The second-order valence-corrected chi connectivity index (χ2v) is 6.44. The Kier molecular flexibility index (Phi) is 7.46. The van der Waals surface area contributed by atoms with Gasteiger partial charge in [0, 0.05) is 43.3 Å². The Morgan fingerprint density at radius 3 is 2.67 bits per heavy atom. The van der Waals surface area contributed by atoms with Crippen molar-refractivity contribution in [3.63, 3.8) is 0 Å². The Labute approximate surface area is 114 Å². The number of nitrogens with zero attached hydrogens (tertiary/aromatic N) is 2. The van der Waals surface area contributed by atoms with Crippen molar-refractivity contribution >= 4 is 17.7 Å². The fourth-order valence-corrected chi connectivity index (χ4v) is 3.41. The molecule has 5 nitrogen and oxygen atoms in total. The number of nitrogens with one attached hydrogen (secondary N) is 1. The lowest BCUT2D eigenvalue weighted by molar-refractivity contribution is 0.146. The molecule has 106 valence electrons. The highest BCUT2D eigenvalue weighted by Gasteiger charge is 2.24. The molecule has 0 saturated carbocycles. The fourth-order valence-electron chi connectivity index (χ4n) is 2.08. The summed E-state index contributed by atoms with van der Waals surface area (Å²) in [4.78, 5) is 6.77. The minimum Gasteiger partial charge on any atom is -0.382 e. The summed E-state index contributed by atoms with van der Waals surface area (Å²) in [6.07, 6.45) is 0.937. The van der Waals surface area contributed by atoms with Crippen LogP contribution < -0.4 is 11.3 Å². The first-order valence-electron chi connectivity index (χ1n) is 6.66. The topological polar surface area (TPSA) is 62.9 Å². The zero-order valence-electron chi connectivity index (χ0n) is 11.7. The summed E-state index contributed by atoms with van der Waals surface area (Å²) in [7, 11) is 0. The van der Waals surface area contributed by atoms with Gasteiger partial charge in [-0.25, -0.2) is 5.84 Å². The van der Waals surface area contributed by atoms with Gasteiger partial charge in [0.25, 0.3) is 0 Å². The molecule has 3 N–H and O–H groups in total. The predicted octanol–water partition coefficient (Wildman–Crippen LogP) is 1.06. The smallest absolute Gasteiger partial charge is 0.208 e. The van der Waals surface area contributed by atoms with Gasteiger partial charge in [0.1, 0.15) is 0 Å². The van der Waals surface area contributed by atoms with Gasteiger partial charge >= 0.3 is 0 Å². The van der Waals surface area contributed by atoms with Crippen LogP contribution in [0.5, 0.6) is 0 Å². The standard InChI is InChI=1S/C12H26N4OS/c1-4-17-7-5-6-14-12(15-13)16-8-10(2)18-11(3)9-16/h10-11H,4-9,13H2,1-3H3,(H,14,15). The number of hydrogen-bond donors (Lipinski definition) is 2.